The van der Waals surface area contributed by atoms with Gasteiger partial charge in [0, 0.05) is 31.5 Å². The summed E-state index contributed by atoms with van der Waals surface area (Å²) in [5.74, 6) is 0. The van der Waals surface area contributed by atoms with E-state index in [1.54, 1.807) is 4.90 Å². The molecule has 3 rings (SSSR count). The van der Waals surface area contributed by atoms with Gasteiger partial charge in [-0.15, -0.1) is 0 Å². The molecule has 2 fully saturated rings. The lowest BCUT2D eigenvalue weighted by Crippen LogP contribution is -3.11. The number of likely N-dealkylation sites (N-methyl/N-ethyl adjacent to an activating group) is 2. The Balaban J connectivity index is 1.71. The molecular formula is C21H38N4+2. The number of benzene rings is 1. The van der Waals surface area contributed by atoms with E-state index >= 15 is 0 Å². The quantitative estimate of drug-likeness (QED) is 0.816. The molecule has 1 aromatic rings. The Morgan fingerprint density at radius 1 is 1.04 bits per heavy atom. The molecule has 2 unspecified atom stereocenters. The molecule has 0 aliphatic carbocycles. The van der Waals surface area contributed by atoms with Gasteiger partial charge in [0.25, 0.3) is 0 Å². The second-order valence-electron chi connectivity index (χ2n) is 8.53. The number of rotatable bonds is 3. The highest BCUT2D eigenvalue weighted by molar-refractivity contribution is 5.13. The number of nitrogens with zero attached hydrogens (tertiary/aromatic N) is 3. The standard InChI is InChI=1S/C21H37N4/c1-4-22-12-8-13-23(18-20-10-6-5-7-11-20)15-16-24-14-9-17-25(2,3)21(24)19-22/h5-7,10-11,21H,4,8-9,12-19H2,1-3H3/q+1/p+1. The molecule has 25 heavy (non-hydrogen) atoms. The first-order chi connectivity index (χ1) is 12.1. The second kappa shape index (κ2) is 8.63. The summed E-state index contributed by atoms with van der Waals surface area (Å²) in [6.07, 6.45) is 3.31. The van der Waals surface area contributed by atoms with E-state index in [0.717, 1.165) is 4.48 Å². The zero-order chi connectivity index (χ0) is 17.7. The highest BCUT2D eigenvalue weighted by atomic mass is 15.5. The maximum Gasteiger partial charge on any atom is 0.158 e. The average molecular weight is 347 g/mol. The Kier molecular flexibility index (Phi) is 6.50. The maximum atomic E-state index is 2.79. The van der Waals surface area contributed by atoms with E-state index in [1.807, 2.05) is 0 Å². The Bertz CT molecular complexity index is 516. The van der Waals surface area contributed by atoms with Crippen molar-refractivity contribution < 1.29 is 9.38 Å². The van der Waals surface area contributed by atoms with Crippen molar-refractivity contribution in [1.29, 1.82) is 0 Å². The lowest BCUT2D eigenvalue weighted by Gasteiger charge is -2.49. The van der Waals surface area contributed by atoms with Crippen LogP contribution in [0.5, 0.6) is 0 Å². The molecule has 0 radical (unpaired) electrons. The van der Waals surface area contributed by atoms with Gasteiger partial charge < -0.3 is 9.38 Å². The van der Waals surface area contributed by atoms with Crippen LogP contribution in [0.25, 0.3) is 0 Å². The van der Waals surface area contributed by atoms with E-state index in [9.17, 15) is 0 Å². The maximum absolute atomic E-state index is 2.79. The molecule has 1 N–H and O–H groups in total. The predicted octanol–water partition coefficient (Wildman–Crippen LogP) is 0.905. The largest absolute Gasteiger partial charge is 0.330 e. The molecule has 0 saturated carbocycles. The highest BCUT2D eigenvalue weighted by Gasteiger charge is 2.39. The summed E-state index contributed by atoms with van der Waals surface area (Å²) in [5.41, 5.74) is 1.48. The molecule has 140 valence electrons. The van der Waals surface area contributed by atoms with Gasteiger partial charge in [0.1, 0.15) is 6.54 Å². The van der Waals surface area contributed by atoms with Gasteiger partial charge in [-0.2, -0.15) is 0 Å². The van der Waals surface area contributed by atoms with E-state index in [4.69, 9.17) is 0 Å². The zero-order valence-corrected chi connectivity index (χ0v) is 16.6. The molecule has 4 heteroatoms. The van der Waals surface area contributed by atoms with Crippen molar-refractivity contribution in [2.45, 2.75) is 32.5 Å². The summed E-state index contributed by atoms with van der Waals surface area (Å²) >= 11 is 0. The molecule has 2 heterocycles. The second-order valence-corrected chi connectivity index (χ2v) is 8.53. The number of nitrogens with one attached hydrogen (secondary N) is 1. The molecule has 0 spiro atoms. The van der Waals surface area contributed by atoms with Gasteiger partial charge in [0.15, 0.2) is 6.17 Å². The van der Waals surface area contributed by atoms with Crippen molar-refractivity contribution in [2.75, 3.05) is 66.5 Å². The van der Waals surface area contributed by atoms with Crippen molar-refractivity contribution >= 4 is 0 Å². The number of fused-ring (bicyclic) bond motifs is 1. The monoisotopic (exact) mass is 346 g/mol. The van der Waals surface area contributed by atoms with Gasteiger partial charge in [0.2, 0.25) is 0 Å². The van der Waals surface area contributed by atoms with Crippen LogP contribution in [0, 0.1) is 0 Å². The van der Waals surface area contributed by atoms with E-state index in [-0.39, 0.29) is 0 Å². The molecule has 0 bridgehead atoms. The van der Waals surface area contributed by atoms with Crippen LogP contribution in [0.3, 0.4) is 0 Å². The molecule has 0 aromatic heterocycles. The molecular weight excluding hydrogens is 308 g/mol. The van der Waals surface area contributed by atoms with Gasteiger partial charge in [-0.25, -0.2) is 4.90 Å². The van der Waals surface area contributed by atoms with Gasteiger partial charge in [0.05, 0.1) is 46.8 Å². The SMILES string of the molecule is CCN1CCC[NH+](Cc2ccccc2)CCN2CCC[N+](C)(C)C2C1. The van der Waals surface area contributed by atoms with E-state index < -0.39 is 0 Å². The Morgan fingerprint density at radius 2 is 1.84 bits per heavy atom. The first-order valence-electron chi connectivity index (χ1n) is 10.2. The minimum atomic E-state index is 0.657. The smallest absolute Gasteiger partial charge is 0.158 e. The lowest BCUT2D eigenvalue weighted by molar-refractivity contribution is -0.937. The molecule has 0 amide bonds. The van der Waals surface area contributed by atoms with Crippen molar-refractivity contribution in [3.63, 3.8) is 0 Å². The minimum Gasteiger partial charge on any atom is -0.330 e. The summed E-state index contributed by atoms with van der Waals surface area (Å²) in [4.78, 5) is 7.23. The fourth-order valence-electron chi connectivity index (χ4n) is 4.67. The van der Waals surface area contributed by atoms with Gasteiger partial charge in [-0.1, -0.05) is 37.3 Å². The van der Waals surface area contributed by atoms with E-state index in [1.165, 1.54) is 77.3 Å². The molecule has 1 aromatic carbocycles. The predicted molar refractivity (Wildman–Crippen MR) is 105 cm³/mol. The van der Waals surface area contributed by atoms with Crippen LogP contribution in [0.2, 0.25) is 0 Å². The number of hydrogen-bond donors (Lipinski definition) is 1. The summed E-state index contributed by atoms with van der Waals surface area (Å²) < 4.78 is 1.16. The normalized spacial score (nSPS) is 29.1. The van der Waals surface area contributed by atoms with Crippen LogP contribution < -0.4 is 4.90 Å². The third kappa shape index (κ3) is 5.04. The van der Waals surface area contributed by atoms with Gasteiger partial charge in [-0.05, 0) is 6.54 Å². The molecule has 4 nitrogen and oxygen atoms in total. The Labute approximate surface area is 154 Å². The van der Waals surface area contributed by atoms with Crippen molar-refractivity contribution in [1.82, 2.24) is 9.80 Å². The summed E-state index contributed by atoms with van der Waals surface area (Å²) in [7, 11) is 4.87. The van der Waals surface area contributed by atoms with Crippen LogP contribution >= 0.6 is 0 Å². The topological polar surface area (TPSA) is 10.9 Å². The molecule has 2 aliphatic rings. The highest BCUT2D eigenvalue weighted by Crippen LogP contribution is 2.20. The average Bonchev–Trinajstić information content (AvgIpc) is 2.61. The summed E-state index contributed by atoms with van der Waals surface area (Å²) in [5, 5.41) is 0. The van der Waals surface area contributed by atoms with E-state index in [0.29, 0.717) is 6.17 Å². The first-order valence-corrected chi connectivity index (χ1v) is 10.2. The van der Waals surface area contributed by atoms with Crippen LogP contribution in [0.15, 0.2) is 30.3 Å². The number of quaternary nitrogens is 2. The first kappa shape index (κ1) is 18.8. The Hall–Kier alpha value is -0.940. The third-order valence-corrected chi connectivity index (χ3v) is 6.33. The lowest BCUT2D eigenvalue weighted by atomic mass is 10.1. The van der Waals surface area contributed by atoms with E-state index in [2.05, 4.69) is 61.2 Å². The summed E-state index contributed by atoms with van der Waals surface area (Å²) in [6, 6.07) is 11.0. The Morgan fingerprint density at radius 3 is 2.60 bits per heavy atom. The van der Waals surface area contributed by atoms with Crippen LogP contribution in [-0.4, -0.2) is 86.9 Å². The van der Waals surface area contributed by atoms with Crippen molar-refractivity contribution in [3.05, 3.63) is 35.9 Å². The van der Waals surface area contributed by atoms with Crippen molar-refractivity contribution in [2.24, 2.45) is 0 Å². The fourth-order valence-corrected chi connectivity index (χ4v) is 4.67. The van der Waals surface area contributed by atoms with Gasteiger partial charge in [-0.3, -0.25) is 4.90 Å². The van der Waals surface area contributed by atoms with Gasteiger partial charge >= 0.3 is 0 Å². The fraction of sp³-hybridized carbons (Fsp3) is 0.714. The molecule has 2 atom stereocenters. The van der Waals surface area contributed by atoms with Crippen LogP contribution in [0.1, 0.15) is 25.3 Å². The molecule has 2 aliphatic heterocycles. The zero-order valence-electron chi connectivity index (χ0n) is 16.6. The van der Waals surface area contributed by atoms with Crippen molar-refractivity contribution in [3.8, 4) is 0 Å². The third-order valence-electron chi connectivity index (χ3n) is 6.33. The minimum absolute atomic E-state index is 0.657. The van der Waals surface area contributed by atoms with Crippen LogP contribution in [0.4, 0.5) is 0 Å². The number of hydrogen-bond acceptors (Lipinski definition) is 2. The van der Waals surface area contributed by atoms with Crippen LogP contribution in [-0.2, 0) is 6.54 Å². The molecule has 2 saturated heterocycles. The summed E-state index contributed by atoms with van der Waals surface area (Å²) in [6.45, 7) is 13.6.